The molecule has 6 heteroatoms. The predicted molar refractivity (Wildman–Crippen MR) is 69.6 cm³/mol. The van der Waals surface area contributed by atoms with Crippen LogP contribution >= 0.6 is 0 Å². The van der Waals surface area contributed by atoms with Crippen molar-refractivity contribution in [3.05, 3.63) is 0 Å². The highest BCUT2D eigenvalue weighted by molar-refractivity contribution is 5.72. The summed E-state index contributed by atoms with van der Waals surface area (Å²) in [4.78, 5) is 24.1. The fourth-order valence-electron chi connectivity index (χ4n) is 1.88. The molecule has 1 saturated heterocycles. The van der Waals surface area contributed by atoms with Gasteiger partial charge in [0.25, 0.3) is 0 Å². The van der Waals surface area contributed by atoms with E-state index in [1.54, 1.807) is 20.8 Å². The van der Waals surface area contributed by atoms with Gasteiger partial charge in [0.1, 0.15) is 11.3 Å². The van der Waals surface area contributed by atoms with E-state index in [1.807, 2.05) is 0 Å². The molecule has 19 heavy (non-hydrogen) atoms. The second kappa shape index (κ2) is 5.75. The number of ether oxygens (including phenoxy) is 1. The zero-order valence-corrected chi connectivity index (χ0v) is 12.1. The number of amides is 2. The monoisotopic (exact) mass is 274 g/mol. The number of hydrogen-bond donors (Lipinski definition) is 1. The fourth-order valence-corrected chi connectivity index (χ4v) is 1.88. The number of nitrogens with zero attached hydrogens (tertiary/aromatic N) is 1. The van der Waals surface area contributed by atoms with Crippen molar-refractivity contribution in [1.82, 2.24) is 10.2 Å². The summed E-state index contributed by atoms with van der Waals surface area (Å²) in [5.41, 5.74) is -1.97. The predicted octanol–water partition coefficient (Wildman–Crippen LogP) is 1.86. The van der Waals surface area contributed by atoms with Gasteiger partial charge in [-0.15, -0.1) is 0 Å². The molecular formula is C13H23FN2O3. The average Bonchev–Trinajstić information content (AvgIpc) is 2.25. The highest BCUT2D eigenvalue weighted by atomic mass is 19.1. The molecule has 0 bridgehead atoms. The third-order valence-electron chi connectivity index (χ3n) is 2.97. The first-order chi connectivity index (χ1) is 8.61. The van der Waals surface area contributed by atoms with Crippen LogP contribution in [0.25, 0.3) is 0 Å². The van der Waals surface area contributed by atoms with Gasteiger partial charge in [-0.2, -0.15) is 0 Å². The number of rotatable bonds is 2. The van der Waals surface area contributed by atoms with Crippen LogP contribution in [0.5, 0.6) is 0 Å². The molecular weight excluding hydrogens is 251 g/mol. The first-order valence-electron chi connectivity index (χ1n) is 6.53. The minimum absolute atomic E-state index is 0.00446. The van der Waals surface area contributed by atoms with E-state index in [9.17, 15) is 14.0 Å². The van der Waals surface area contributed by atoms with E-state index in [1.165, 1.54) is 11.8 Å². The van der Waals surface area contributed by atoms with Gasteiger partial charge in [0.15, 0.2) is 0 Å². The van der Waals surface area contributed by atoms with Crippen LogP contribution < -0.4 is 5.32 Å². The SMILES string of the molecule is CC(=O)NCC1(F)CCN(C(=O)OC(C)(C)C)CC1. The van der Waals surface area contributed by atoms with E-state index in [4.69, 9.17) is 4.74 Å². The lowest BCUT2D eigenvalue weighted by atomic mass is 9.93. The molecule has 1 N–H and O–H groups in total. The van der Waals surface area contributed by atoms with Gasteiger partial charge < -0.3 is 15.0 Å². The van der Waals surface area contributed by atoms with Crippen LogP contribution in [-0.4, -0.2) is 47.8 Å². The molecule has 1 aliphatic rings. The van der Waals surface area contributed by atoms with Crippen LogP contribution in [-0.2, 0) is 9.53 Å². The normalized spacial score (nSPS) is 18.9. The molecule has 1 fully saturated rings. The van der Waals surface area contributed by atoms with E-state index in [0.717, 1.165) is 0 Å². The molecule has 0 aromatic heterocycles. The Morgan fingerprint density at radius 2 is 1.84 bits per heavy atom. The first-order valence-corrected chi connectivity index (χ1v) is 6.53. The molecule has 110 valence electrons. The molecule has 0 spiro atoms. The third-order valence-corrected chi connectivity index (χ3v) is 2.97. The van der Waals surface area contributed by atoms with Crippen LogP contribution in [0, 0.1) is 0 Å². The molecule has 0 radical (unpaired) electrons. The van der Waals surface area contributed by atoms with Gasteiger partial charge in [0, 0.05) is 32.9 Å². The zero-order chi connectivity index (χ0) is 14.7. The maximum absolute atomic E-state index is 14.3. The summed E-state index contributed by atoms with van der Waals surface area (Å²) < 4.78 is 19.6. The molecule has 0 atom stereocenters. The molecule has 0 aromatic rings. The van der Waals surface area contributed by atoms with Crippen molar-refractivity contribution >= 4 is 12.0 Å². The Hall–Kier alpha value is -1.33. The quantitative estimate of drug-likeness (QED) is 0.836. The standard InChI is InChI=1S/C13H23FN2O3/c1-10(17)15-9-13(14)5-7-16(8-6-13)11(18)19-12(2,3)4/h5-9H2,1-4H3,(H,15,17). The average molecular weight is 274 g/mol. The lowest BCUT2D eigenvalue weighted by molar-refractivity contribution is -0.119. The summed E-state index contributed by atoms with van der Waals surface area (Å²) in [6, 6.07) is 0. The van der Waals surface area contributed by atoms with Gasteiger partial charge in [-0.1, -0.05) is 0 Å². The highest BCUT2D eigenvalue weighted by Gasteiger charge is 2.37. The highest BCUT2D eigenvalue weighted by Crippen LogP contribution is 2.26. The van der Waals surface area contributed by atoms with Gasteiger partial charge in [-0.25, -0.2) is 9.18 Å². The van der Waals surface area contributed by atoms with Gasteiger partial charge in [-0.05, 0) is 20.8 Å². The maximum atomic E-state index is 14.3. The van der Waals surface area contributed by atoms with Crippen molar-refractivity contribution in [2.75, 3.05) is 19.6 Å². The van der Waals surface area contributed by atoms with Crippen molar-refractivity contribution < 1.29 is 18.7 Å². The summed E-state index contributed by atoms with van der Waals surface area (Å²) in [7, 11) is 0. The van der Waals surface area contributed by atoms with E-state index in [-0.39, 0.29) is 25.3 Å². The minimum Gasteiger partial charge on any atom is -0.444 e. The van der Waals surface area contributed by atoms with Crippen molar-refractivity contribution in [2.24, 2.45) is 0 Å². The fraction of sp³-hybridized carbons (Fsp3) is 0.846. The number of likely N-dealkylation sites (tertiary alicyclic amines) is 1. The molecule has 0 saturated carbocycles. The maximum Gasteiger partial charge on any atom is 0.410 e. The molecule has 0 aromatic carbocycles. The summed E-state index contributed by atoms with van der Waals surface area (Å²) in [5.74, 6) is -0.244. The van der Waals surface area contributed by atoms with E-state index < -0.39 is 17.4 Å². The van der Waals surface area contributed by atoms with E-state index in [2.05, 4.69) is 5.32 Å². The van der Waals surface area contributed by atoms with Crippen LogP contribution in [0.2, 0.25) is 0 Å². The number of nitrogens with one attached hydrogen (secondary N) is 1. The molecule has 1 heterocycles. The lowest BCUT2D eigenvalue weighted by Crippen LogP contribution is -2.50. The van der Waals surface area contributed by atoms with Crippen molar-refractivity contribution in [1.29, 1.82) is 0 Å². The molecule has 5 nitrogen and oxygen atoms in total. The van der Waals surface area contributed by atoms with Gasteiger partial charge in [-0.3, -0.25) is 4.79 Å². The Morgan fingerprint density at radius 3 is 2.26 bits per heavy atom. The molecule has 0 unspecified atom stereocenters. The smallest absolute Gasteiger partial charge is 0.410 e. The van der Waals surface area contributed by atoms with E-state index in [0.29, 0.717) is 13.1 Å². The Balaban J connectivity index is 2.44. The van der Waals surface area contributed by atoms with Crippen molar-refractivity contribution in [2.45, 2.75) is 51.8 Å². The topological polar surface area (TPSA) is 58.6 Å². The van der Waals surface area contributed by atoms with Crippen LogP contribution in [0.15, 0.2) is 0 Å². The second-order valence-electron chi connectivity index (χ2n) is 6.03. The molecule has 1 rings (SSSR count). The van der Waals surface area contributed by atoms with Crippen LogP contribution in [0.4, 0.5) is 9.18 Å². The minimum atomic E-state index is -1.43. The van der Waals surface area contributed by atoms with Gasteiger partial charge >= 0.3 is 6.09 Å². The number of carbonyl (C=O) groups excluding carboxylic acids is 2. The Bertz CT molecular complexity index is 344. The molecule has 1 aliphatic heterocycles. The largest absolute Gasteiger partial charge is 0.444 e. The van der Waals surface area contributed by atoms with E-state index >= 15 is 0 Å². The van der Waals surface area contributed by atoms with Gasteiger partial charge in [0.05, 0.1) is 6.54 Å². The second-order valence-corrected chi connectivity index (χ2v) is 6.03. The van der Waals surface area contributed by atoms with Crippen molar-refractivity contribution in [3.63, 3.8) is 0 Å². The Labute approximate surface area is 113 Å². The Kier molecular flexibility index (Phi) is 4.76. The molecule has 2 amide bonds. The van der Waals surface area contributed by atoms with Gasteiger partial charge in [0.2, 0.25) is 5.91 Å². The number of alkyl halides is 1. The first kappa shape index (κ1) is 15.7. The summed E-state index contributed by atoms with van der Waals surface area (Å²) in [6.07, 6.45) is 0.0213. The number of halogens is 1. The van der Waals surface area contributed by atoms with Crippen LogP contribution in [0.1, 0.15) is 40.5 Å². The zero-order valence-electron chi connectivity index (χ0n) is 12.1. The molecule has 0 aliphatic carbocycles. The summed E-state index contributed by atoms with van der Waals surface area (Å²) in [6.45, 7) is 7.38. The lowest BCUT2D eigenvalue weighted by Gasteiger charge is -2.37. The van der Waals surface area contributed by atoms with Crippen LogP contribution in [0.3, 0.4) is 0 Å². The third kappa shape index (κ3) is 5.44. The Morgan fingerprint density at radius 1 is 1.32 bits per heavy atom. The summed E-state index contributed by atoms with van der Waals surface area (Å²) in [5, 5.41) is 2.49. The van der Waals surface area contributed by atoms with Crippen molar-refractivity contribution in [3.8, 4) is 0 Å². The number of hydrogen-bond acceptors (Lipinski definition) is 3. The summed E-state index contributed by atoms with van der Waals surface area (Å²) >= 11 is 0. The number of carbonyl (C=O) groups is 2. The number of piperidine rings is 1.